The van der Waals surface area contributed by atoms with E-state index in [1.165, 1.54) is 16.9 Å². The number of hydrogen-bond donors (Lipinski definition) is 1. The van der Waals surface area contributed by atoms with E-state index in [-0.39, 0.29) is 17.2 Å². The molecular formula is C26H28N4O3S2. The highest BCUT2D eigenvalue weighted by atomic mass is 32.2. The molecule has 0 radical (unpaired) electrons. The Labute approximate surface area is 213 Å². The molecule has 1 atom stereocenters. The van der Waals surface area contributed by atoms with Gasteiger partial charge in [0.15, 0.2) is 5.13 Å². The van der Waals surface area contributed by atoms with Crippen LogP contribution in [0.5, 0.6) is 5.75 Å². The van der Waals surface area contributed by atoms with Gasteiger partial charge in [-0.25, -0.2) is 4.98 Å². The standard InChI is InChI=1S/C26H28N4O3S2/c1-16-7-9-17(10-8-16)23-22(28-26(35-23)29(2)3)25(32)30-12-14-34-21(30)15-27-24(31)19-5-4-6-20-18(19)11-13-33-20/h4-10,21H,11-15H2,1-3H3,(H,27,31). The van der Waals surface area contributed by atoms with E-state index in [0.717, 1.165) is 39.1 Å². The number of fused-ring (bicyclic) bond motifs is 1. The highest BCUT2D eigenvalue weighted by molar-refractivity contribution is 8.00. The fourth-order valence-corrected chi connectivity index (χ4v) is 6.46. The smallest absolute Gasteiger partial charge is 0.275 e. The van der Waals surface area contributed by atoms with Crippen LogP contribution in [-0.4, -0.2) is 66.6 Å². The molecule has 2 aliphatic rings. The lowest BCUT2D eigenvalue weighted by molar-refractivity contribution is 0.0747. The molecule has 0 spiro atoms. The maximum Gasteiger partial charge on any atom is 0.275 e. The first-order valence-corrected chi connectivity index (χ1v) is 13.5. The third kappa shape index (κ3) is 4.75. The van der Waals surface area contributed by atoms with E-state index in [1.54, 1.807) is 11.8 Å². The lowest BCUT2D eigenvalue weighted by Crippen LogP contribution is -2.42. The number of aromatic nitrogens is 1. The minimum absolute atomic E-state index is 0.0943. The van der Waals surface area contributed by atoms with Crippen molar-refractivity contribution >= 4 is 40.0 Å². The first kappa shape index (κ1) is 23.7. The summed E-state index contributed by atoms with van der Waals surface area (Å²) in [5.41, 5.74) is 4.23. The fraction of sp³-hybridized carbons (Fsp3) is 0.346. The number of benzene rings is 2. The summed E-state index contributed by atoms with van der Waals surface area (Å²) in [6, 6.07) is 13.8. The fourth-order valence-electron chi connectivity index (χ4n) is 4.31. The summed E-state index contributed by atoms with van der Waals surface area (Å²) < 4.78 is 5.59. The zero-order chi connectivity index (χ0) is 24.5. The number of hydrogen-bond acceptors (Lipinski definition) is 7. The number of thioether (sulfide) groups is 1. The number of carbonyl (C=O) groups excluding carboxylic acids is 2. The second-order valence-electron chi connectivity index (χ2n) is 8.85. The average molecular weight is 509 g/mol. The van der Waals surface area contributed by atoms with Crippen molar-refractivity contribution in [2.24, 2.45) is 0 Å². The number of rotatable bonds is 6. The molecule has 0 bridgehead atoms. The second-order valence-corrected chi connectivity index (χ2v) is 11.1. The maximum atomic E-state index is 13.7. The zero-order valence-corrected chi connectivity index (χ0v) is 21.7. The van der Waals surface area contributed by atoms with Gasteiger partial charge in [0.1, 0.15) is 11.4 Å². The van der Waals surface area contributed by atoms with Crippen LogP contribution in [0.1, 0.15) is 32.0 Å². The summed E-state index contributed by atoms with van der Waals surface area (Å²) in [6.07, 6.45) is 0.738. The highest BCUT2D eigenvalue weighted by Crippen LogP contribution is 2.37. The van der Waals surface area contributed by atoms with Crippen LogP contribution < -0.4 is 15.0 Å². The molecule has 3 aromatic rings. The van der Waals surface area contributed by atoms with Crippen LogP contribution in [0.15, 0.2) is 42.5 Å². The molecular weight excluding hydrogens is 480 g/mol. The molecule has 35 heavy (non-hydrogen) atoms. The lowest BCUT2D eigenvalue weighted by Gasteiger charge is -2.24. The second kappa shape index (κ2) is 9.91. The zero-order valence-electron chi connectivity index (χ0n) is 20.0. The van der Waals surface area contributed by atoms with Crippen LogP contribution in [0.4, 0.5) is 5.13 Å². The molecule has 0 saturated carbocycles. The molecule has 2 aromatic carbocycles. The van der Waals surface area contributed by atoms with Gasteiger partial charge < -0.3 is 19.9 Å². The molecule has 1 fully saturated rings. The first-order chi connectivity index (χ1) is 16.9. The van der Waals surface area contributed by atoms with E-state index in [4.69, 9.17) is 9.72 Å². The maximum absolute atomic E-state index is 13.7. The number of nitrogens with zero attached hydrogens (tertiary/aromatic N) is 3. The van der Waals surface area contributed by atoms with Crippen LogP contribution in [0, 0.1) is 6.92 Å². The van der Waals surface area contributed by atoms with E-state index in [2.05, 4.69) is 5.32 Å². The van der Waals surface area contributed by atoms with Gasteiger partial charge >= 0.3 is 0 Å². The van der Waals surface area contributed by atoms with Gasteiger partial charge in [-0.15, -0.1) is 11.8 Å². The van der Waals surface area contributed by atoms with Gasteiger partial charge in [0, 0.05) is 50.5 Å². The molecule has 0 aliphatic carbocycles. The summed E-state index contributed by atoms with van der Waals surface area (Å²) in [5, 5.41) is 3.70. The Balaban J connectivity index is 1.35. The summed E-state index contributed by atoms with van der Waals surface area (Å²) in [5.74, 6) is 1.39. The van der Waals surface area contributed by atoms with Crippen molar-refractivity contribution in [1.29, 1.82) is 0 Å². The van der Waals surface area contributed by atoms with Crippen LogP contribution in [-0.2, 0) is 6.42 Å². The topological polar surface area (TPSA) is 74.8 Å². The van der Waals surface area contributed by atoms with Gasteiger partial charge in [0.2, 0.25) is 0 Å². The number of nitrogens with one attached hydrogen (secondary N) is 1. The van der Waals surface area contributed by atoms with Gasteiger partial charge in [0.25, 0.3) is 11.8 Å². The number of thiazole rings is 1. The molecule has 2 aliphatic heterocycles. The Hall–Kier alpha value is -3.04. The Morgan fingerprint density at radius 2 is 2.00 bits per heavy atom. The number of anilines is 1. The number of ether oxygens (including phenoxy) is 1. The highest BCUT2D eigenvalue weighted by Gasteiger charge is 2.34. The molecule has 1 aromatic heterocycles. The van der Waals surface area contributed by atoms with Crippen LogP contribution in [0.25, 0.3) is 10.4 Å². The number of aryl methyl sites for hydroxylation is 1. The predicted octanol–water partition coefficient (Wildman–Crippen LogP) is 4.06. The lowest BCUT2D eigenvalue weighted by atomic mass is 10.0. The monoisotopic (exact) mass is 508 g/mol. The Bertz CT molecular complexity index is 1260. The van der Waals surface area contributed by atoms with Gasteiger partial charge in [-0.1, -0.05) is 47.2 Å². The van der Waals surface area contributed by atoms with Crippen molar-refractivity contribution in [2.45, 2.75) is 18.7 Å². The average Bonchev–Trinajstić information content (AvgIpc) is 3.61. The molecule has 3 heterocycles. The first-order valence-electron chi connectivity index (χ1n) is 11.6. The predicted molar refractivity (Wildman–Crippen MR) is 142 cm³/mol. The summed E-state index contributed by atoms with van der Waals surface area (Å²) >= 11 is 3.20. The van der Waals surface area contributed by atoms with E-state index in [9.17, 15) is 9.59 Å². The van der Waals surface area contributed by atoms with Crippen molar-refractivity contribution < 1.29 is 14.3 Å². The van der Waals surface area contributed by atoms with Crippen molar-refractivity contribution in [2.75, 3.05) is 44.4 Å². The van der Waals surface area contributed by atoms with Crippen molar-refractivity contribution in [3.8, 4) is 16.2 Å². The van der Waals surface area contributed by atoms with Gasteiger partial charge in [-0.3, -0.25) is 9.59 Å². The number of amides is 2. The van der Waals surface area contributed by atoms with Crippen LogP contribution in [0.2, 0.25) is 0 Å². The van der Waals surface area contributed by atoms with Crippen LogP contribution >= 0.6 is 23.1 Å². The Kier molecular flexibility index (Phi) is 6.71. The largest absolute Gasteiger partial charge is 0.493 e. The molecule has 7 nitrogen and oxygen atoms in total. The van der Waals surface area contributed by atoms with Gasteiger partial charge in [-0.2, -0.15) is 0 Å². The SMILES string of the molecule is Cc1ccc(-c2sc(N(C)C)nc2C(=O)N2CCSC2CNC(=O)c2cccc3c2CCO3)cc1. The van der Waals surface area contributed by atoms with Crippen molar-refractivity contribution in [3.05, 3.63) is 64.8 Å². The minimum atomic E-state index is -0.144. The van der Waals surface area contributed by atoms with E-state index < -0.39 is 0 Å². The third-order valence-corrected chi connectivity index (χ3v) is 8.69. The van der Waals surface area contributed by atoms with E-state index in [1.807, 2.05) is 73.3 Å². The van der Waals surface area contributed by atoms with Gasteiger partial charge in [0.05, 0.1) is 16.9 Å². The molecule has 5 rings (SSSR count). The third-order valence-electron chi connectivity index (χ3n) is 6.19. The number of carbonyl (C=O) groups is 2. The quantitative estimate of drug-likeness (QED) is 0.541. The Morgan fingerprint density at radius 1 is 1.20 bits per heavy atom. The summed E-state index contributed by atoms with van der Waals surface area (Å²) in [6.45, 7) is 3.65. The molecule has 9 heteroatoms. The van der Waals surface area contributed by atoms with Crippen molar-refractivity contribution in [3.63, 3.8) is 0 Å². The summed E-state index contributed by atoms with van der Waals surface area (Å²) in [4.78, 5) is 36.0. The van der Waals surface area contributed by atoms with E-state index >= 15 is 0 Å². The minimum Gasteiger partial charge on any atom is -0.493 e. The Morgan fingerprint density at radius 3 is 2.77 bits per heavy atom. The van der Waals surface area contributed by atoms with Crippen LogP contribution in [0.3, 0.4) is 0 Å². The molecule has 1 N–H and O–H groups in total. The molecule has 182 valence electrons. The molecule has 2 amide bonds. The van der Waals surface area contributed by atoms with Gasteiger partial charge in [-0.05, 0) is 24.6 Å². The van der Waals surface area contributed by atoms with Crippen molar-refractivity contribution in [1.82, 2.24) is 15.2 Å². The summed E-state index contributed by atoms with van der Waals surface area (Å²) in [7, 11) is 3.86. The molecule has 1 saturated heterocycles. The normalized spacial score (nSPS) is 16.7. The molecule has 1 unspecified atom stereocenters. The van der Waals surface area contributed by atoms with E-state index in [0.29, 0.717) is 31.0 Å².